The van der Waals surface area contributed by atoms with E-state index in [0.717, 1.165) is 0 Å². The van der Waals surface area contributed by atoms with Gasteiger partial charge in [-0.05, 0) is 18.2 Å². The Hall–Kier alpha value is -2.11. The second-order valence-electron chi connectivity index (χ2n) is 3.83. The van der Waals surface area contributed by atoms with Gasteiger partial charge < -0.3 is 5.11 Å². The molecule has 0 atom stereocenters. The van der Waals surface area contributed by atoms with Gasteiger partial charge in [0.2, 0.25) is 0 Å². The molecule has 20 heavy (non-hydrogen) atoms. The quantitative estimate of drug-likeness (QED) is 0.520. The van der Waals surface area contributed by atoms with E-state index in [4.69, 9.17) is 23.2 Å². The highest BCUT2D eigenvalue weighted by Gasteiger charge is 2.11. The smallest absolute Gasteiger partial charge is 0.294 e. The molecule has 0 saturated carbocycles. The van der Waals surface area contributed by atoms with Gasteiger partial charge in [0.1, 0.15) is 11.4 Å². The lowest BCUT2D eigenvalue weighted by Gasteiger charge is -2.02. The number of para-hydroxylation sites is 2. The number of rotatable bonds is 3. The number of hydrogen-bond acceptors (Lipinski definition) is 4. The molecule has 2 rings (SSSR count). The summed E-state index contributed by atoms with van der Waals surface area (Å²) in [5, 5.41) is 21.0. The molecule has 0 amide bonds. The molecule has 0 aliphatic heterocycles. The second kappa shape index (κ2) is 5.90. The molecule has 1 N–H and O–H groups in total. The molecule has 2 aromatic rings. The van der Waals surface area contributed by atoms with Gasteiger partial charge in [-0.25, -0.2) is 4.99 Å². The van der Waals surface area contributed by atoms with Crippen LogP contribution in [0.25, 0.3) is 0 Å². The number of halogens is 2. The van der Waals surface area contributed by atoms with Gasteiger partial charge in [-0.15, -0.1) is 0 Å². The van der Waals surface area contributed by atoms with Gasteiger partial charge in [0.05, 0.1) is 9.95 Å². The minimum atomic E-state index is -0.530. The summed E-state index contributed by atoms with van der Waals surface area (Å²) >= 11 is 11.6. The standard InChI is InChI=1S/C13H8Cl2N2O3/c14-9-5-8(13(18)10(15)6-9)7-16-11-3-1-2-4-12(11)17(19)20/h1-7,18H. The number of benzene rings is 2. The molecule has 2 aromatic carbocycles. The number of hydrogen-bond donors (Lipinski definition) is 1. The number of phenolic OH excluding ortho intramolecular Hbond substituents is 1. The van der Waals surface area contributed by atoms with Crippen LogP contribution in [0.5, 0.6) is 5.75 Å². The maximum Gasteiger partial charge on any atom is 0.294 e. The largest absolute Gasteiger partial charge is 0.506 e. The molecule has 102 valence electrons. The van der Waals surface area contributed by atoms with Crippen LogP contribution in [0.15, 0.2) is 41.4 Å². The molecule has 0 spiro atoms. The van der Waals surface area contributed by atoms with Crippen molar-refractivity contribution in [1.29, 1.82) is 0 Å². The topological polar surface area (TPSA) is 75.7 Å². The summed E-state index contributed by atoms with van der Waals surface area (Å²) in [6.45, 7) is 0. The van der Waals surface area contributed by atoms with Crippen LogP contribution < -0.4 is 0 Å². The Balaban J connectivity index is 2.42. The van der Waals surface area contributed by atoms with Crippen LogP contribution in [0.3, 0.4) is 0 Å². The van der Waals surface area contributed by atoms with E-state index in [-0.39, 0.29) is 27.7 Å². The molecule has 0 radical (unpaired) electrons. The normalized spacial score (nSPS) is 10.9. The molecule has 0 fully saturated rings. The predicted molar refractivity (Wildman–Crippen MR) is 78.5 cm³/mol. The van der Waals surface area contributed by atoms with Gasteiger partial charge in [0.15, 0.2) is 0 Å². The van der Waals surface area contributed by atoms with Crippen LogP contribution in [-0.2, 0) is 0 Å². The lowest BCUT2D eigenvalue weighted by molar-refractivity contribution is -0.384. The Morgan fingerprint density at radius 3 is 2.65 bits per heavy atom. The average molecular weight is 311 g/mol. The first-order valence-electron chi connectivity index (χ1n) is 5.44. The monoisotopic (exact) mass is 310 g/mol. The Bertz CT molecular complexity index is 702. The van der Waals surface area contributed by atoms with Crippen LogP contribution in [-0.4, -0.2) is 16.2 Å². The lowest BCUT2D eigenvalue weighted by Crippen LogP contribution is -1.89. The van der Waals surface area contributed by atoms with Crippen molar-refractivity contribution in [3.8, 4) is 5.75 Å². The molecule has 0 saturated heterocycles. The van der Waals surface area contributed by atoms with E-state index in [9.17, 15) is 15.2 Å². The zero-order valence-electron chi connectivity index (χ0n) is 9.96. The van der Waals surface area contributed by atoms with Crippen molar-refractivity contribution >= 4 is 40.8 Å². The highest BCUT2D eigenvalue weighted by molar-refractivity contribution is 6.36. The van der Waals surface area contributed by atoms with Crippen molar-refractivity contribution in [3.05, 3.63) is 62.1 Å². The van der Waals surface area contributed by atoms with Crippen LogP contribution in [0, 0.1) is 10.1 Å². The maximum atomic E-state index is 10.8. The van der Waals surface area contributed by atoms with Gasteiger partial charge in [-0.3, -0.25) is 10.1 Å². The molecule has 0 aliphatic carbocycles. The van der Waals surface area contributed by atoms with Crippen molar-refractivity contribution in [2.24, 2.45) is 4.99 Å². The van der Waals surface area contributed by atoms with Gasteiger partial charge in [0, 0.05) is 22.9 Å². The Labute approximate surface area is 124 Å². The summed E-state index contributed by atoms with van der Waals surface area (Å²) in [6, 6.07) is 8.87. The molecule has 0 unspecified atom stereocenters. The fraction of sp³-hybridized carbons (Fsp3) is 0. The fourth-order valence-electron chi connectivity index (χ4n) is 1.55. The van der Waals surface area contributed by atoms with E-state index in [1.807, 2.05) is 0 Å². The summed E-state index contributed by atoms with van der Waals surface area (Å²) < 4.78 is 0. The third-order valence-electron chi connectivity index (χ3n) is 2.48. The first kappa shape index (κ1) is 14.3. The minimum absolute atomic E-state index is 0.0847. The van der Waals surface area contributed by atoms with Crippen LogP contribution >= 0.6 is 23.2 Å². The van der Waals surface area contributed by atoms with Gasteiger partial charge in [-0.1, -0.05) is 35.3 Å². The van der Waals surface area contributed by atoms with E-state index in [0.29, 0.717) is 5.02 Å². The number of aliphatic imine (C=N–C) groups is 1. The third-order valence-corrected chi connectivity index (χ3v) is 2.99. The molecular weight excluding hydrogens is 303 g/mol. The molecule has 0 aliphatic rings. The summed E-state index contributed by atoms with van der Waals surface area (Å²) in [4.78, 5) is 14.3. The maximum absolute atomic E-state index is 10.8. The van der Waals surface area contributed by atoms with E-state index < -0.39 is 4.92 Å². The number of nitro groups is 1. The Kier molecular flexibility index (Phi) is 4.22. The average Bonchev–Trinajstić information content (AvgIpc) is 2.41. The van der Waals surface area contributed by atoms with E-state index in [1.54, 1.807) is 12.1 Å². The molecule has 0 bridgehead atoms. The van der Waals surface area contributed by atoms with Crippen molar-refractivity contribution in [2.75, 3.05) is 0 Å². The summed E-state index contributed by atoms with van der Waals surface area (Å²) in [5.74, 6) is -0.182. The van der Waals surface area contributed by atoms with Crippen molar-refractivity contribution in [3.63, 3.8) is 0 Å². The zero-order valence-corrected chi connectivity index (χ0v) is 11.5. The van der Waals surface area contributed by atoms with E-state index in [2.05, 4.69) is 4.99 Å². The van der Waals surface area contributed by atoms with Crippen molar-refractivity contribution < 1.29 is 10.0 Å². The summed E-state index contributed by atoms with van der Waals surface area (Å²) in [5.41, 5.74) is 0.324. The second-order valence-corrected chi connectivity index (χ2v) is 4.67. The number of phenols is 1. The zero-order chi connectivity index (χ0) is 14.7. The van der Waals surface area contributed by atoms with Gasteiger partial charge >= 0.3 is 0 Å². The molecule has 0 aromatic heterocycles. The van der Waals surface area contributed by atoms with Crippen LogP contribution in [0.2, 0.25) is 10.0 Å². The SMILES string of the molecule is O=[N+]([O-])c1ccccc1N=Cc1cc(Cl)cc(Cl)c1O. The van der Waals surface area contributed by atoms with Crippen LogP contribution in [0.4, 0.5) is 11.4 Å². The van der Waals surface area contributed by atoms with Gasteiger partial charge in [0.25, 0.3) is 5.69 Å². The molecule has 7 heteroatoms. The van der Waals surface area contributed by atoms with Gasteiger partial charge in [-0.2, -0.15) is 0 Å². The number of nitrogens with zero attached hydrogens (tertiary/aromatic N) is 2. The van der Waals surface area contributed by atoms with E-state index >= 15 is 0 Å². The summed E-state index contributed by atoms with van der Waals surface area (Å²) in [7, 11) is 0. The lowest BCUT2D eigenvalue weighted by atomic mass is 10.2. The number of nitro benzene ring substituents is 1. The van der Waals surface area contributed by atoms with E-state index in [1.165, 1.54) is 30.5 Å². The highest BCUT2D eigenvalue weighted by Crippen LogP contribution is 2.31. The fourth-order valence-corrected chi connectivity index (χ4v) is 2.06. The molecule has 0 heterocycles. The predicted octanol–water partition coefficient (Wildman–Crippen LogP) is 4.36. The number of aromatic hydroxyl groups is 1. The first-order valence-corrected chi connectivity index (χ1v) is 6.20. The Morgan fingerprint density at radius 1 is 1.25 bits per heavy atom. The highest BCUT2D eigenvalue weighted by atomic mass is 35.5. The minimum Gasteiger partial charge on any atom is -0.506 e. The summed E-state index contributed by atoms with van der Waals surface area (Å²) in [6.07, 6.45) is 1.27. The van der Waals surface area contributed by atoms with Crippen molar-refractivity contribution in [2.45, 2.75) is 0 Å². The molecular formula is C13H8Cl2N2O3. The first-order chi connectivity index (χ1) is 9.49. The molecule has 5 nitrogen and oxygen atoms in total. The van der Waals surface area contributed by atoms with Crippen molar-refractivity contribution in [1.82, 2.24) is 0 Å². The third kappa shape index (κ3) is 3.07. The van der Waals surface area contributed by atoms with Crippen LogP contribution in [0.1, 0.15) is 5.56 Å². The Morgan fingerprint density at radius 2 is 1.95 bits per heavy atom.